The van der Waals surface area contributed by atoms with Crippen molar-refractivity contribution in [2.24, 2.45) is 11.1 Å². The van der Waals surface area contributed by atoms with Crippen molar-refractivity contribution in [1.82, 2.24) is 0 Å². The van der Waals surface area contributed by atoms with Crippen LogP contribution in [-0.2, 0) is 0 Å². The Kier molecular flexibility index (Phi) is 6.22. The molecule has 0 aliphatic heterocycles. The molecule has 0 spiro atoms. The lowest BCUT2D eigenvalue weighted by molar-refractivity contribution is 0.290. The highest BCUT2D eigenvalue weighted by Gasteiger charge is 2.20. The normalized spacial score (nSPS) is 11.3. The van der Waals surface area contributed by atoms with Crippen LogP contribution in [0.25, 0.3) is 0 Å². The minimum absolute atomic E-state index is 0.197. The molecule has 3 nitrogen and oxygen atoms in total. The maximum atomic E-state index is 7.51. The van der Waals surface area contributed by atoms with Crippen molar-refractivity contribution >= 4 is 17.6 Å². The number of hydrogen-bond acceptors (Lipinski definition) is 3. The fraction of sp³-hybridized carbons (Fsp3) is 0.533. The summed E-state index contributed by atoms with van der Waals surface area (Å²) < 4.78 is 5.80. The maximum absolute atomic E-state index is 7.51. The van der Waals surface area contributed by atoms with Crippen LogP contribution in [0.3, 0.4) is 0 Å². The van der Waals surface area contributed by atoms with Crippen LogP contribution in [0.15, 0.2) is 29.2 Å². The molecule has 0 heterocycles. The summed E-state index contributed by atoms with van der Waals surface area (Å²) in [6.07, 6.45) is 4.99. The Morgan fingerprint density at radius 3 is 2.63 bits per heavy atom. The van der Waals surface area contributed by atoms with E-state index in [0.29, 0.717) is 6.61 Å². The number of thioether (sulfide) groups is 1. The number of para-hydroxylation sites is 1. The standard InChI is InChI=1S/C15H24N2OS/c1-15(2,14(16)17)10-6-7-11-18-12-8-4-5-9-13(12)19-3/h4-5,8-9H,6-7,10-11H2,1-3H3,(H3,16,17). The van der Waals surface area contributed by atoms with E-state index in [1.54, 1.807) is 11.8 Å². The first-order valence-corrected chi connectivity index (χ1v) is 7.80. The third-order valence-electron chi connectivity index (χ3n) is 3.25. The van der Waals surface area contributed by atoms with Crippen LogP contribution in [-0.4, -0.2) is 18.7 Å². The van der Waals surface area contributed by atoms with Gasteiger partial charge in [-0.2, -0.15) is 0 Å². The molecule has 1 aromatic carbocycles. The fourth-order valence-corrected chi connectivity index (χ4v) is 2.27. The Morgan fingerprint density at radius 2 is 2.00 bits per heavy atom. The second kappa shape index (κ2) is 7.43. The molecule has 1 rings (SSSR count). The molecule has 0 amide bonds. The molecule has 4 heteroatoms. The largest absolute Gasteiger partial charge is 0.492 e. The van der Waals surface area contributed by atoms with E-state index in [2.05, 4.69) is 12.3 Å². The molecule has 0 atom stereocenters. The molecular formula is C15H24N2OS. The van der Waals surface area contributed by atoms with Crippen LogP contribution in [0.5, 0.6) is 5.75 Å². The van der Waals surface area contributed by atoms with Gasteiger partial charge in [-0.1, -0.05) is 26.0 Å². The summed E-state index contributed by atoms with van der Waals surface area (Å²) in [4.78, 5) is 1.17. The van der Waals surface area contributed by atoms with Gasteiger partial charge in [-0.15, -0.1) is 11.8 Å². The van der Waals surface area contributed by atoms with E-state index in [1.807, 2.05) is 32.0 Å². The van der Waals surface area contributed by atoms with Crippen molar-refractivity contribution in [1.29, 1.82) is 5.41 Å². The number of nitrogens with two attached hydrogens (primary N) is 1. The number of amidine groups is 1. The monoisotopic (exact) mass is 280 g/mol. The van der Waals surface area contributed by atoms with E-state index >= 15 is 0 Å². The van der Waals surface area contributed by atoms with E-state index < -0.39 is 0 Å². The predicted molar refractivity (Wildman–Crippen MR) is 83.3 cm³/mol. The van der Waals surface area contributed by atoms with Gasteiger partial charge in [-0.25, -0.2) is 0 Å². The summed E-state index contributed by atoms with van der Waals surface area (Å²) in [7, 11) is 0. The number of unbranched alkanes of at least 4 members (excludes halogenated alkanes) is 1. The zero-order valence-electron chi connectivity index (χ0n) is 12.0. The van der Waals surface area contributed by atoms with Crippen LogP contribution in [0.4, 0.5) is 0 Å². The second-order valence-corrected chi connectivity index (χ2v) is 6.10. The summed E-state index contributed by atoms with van der Waals surface area (Å²) in [5, 5.41) is 7.51. The van der Waals surface area contributed by atoms with Gasteiger partial charge in [0.05, 0.1) is 12.4 Å². The van der Waals surface area contributed by atoms with Gasteiger partial charge >= 0.3 is 0 Å². The number of nitrogens with one attached hydrogen (secondary N) is 1. The lowest BCUT2D eigenvalue weighted by Gasteiger charge is -2.22. The molecule has 19 heavy (non-hydrogen) atoms. The number of benzene rings is 1. The molecule has 0 aliphatic carbocycles. The van der Waals surface area contributed by atoms with Crippen molar-refractivity contribution in [3.8, 4) is 5.75 Å². The van der Waals surface area contributed by atoms with E-state index in [-0.39, 0.29) is 11.3 Å². The molecule has 1 aromatic rings. The van der Waals surface area contributed by atoms with Gasteiger partial charge in [-0.3, -0.25) is 5.41 Å². The van der Waals surface area contributed by atoms with Gasteiger partial charge in [-0.05, 0) is 37.7 Å². The van der Waals surface area contributed by atoms with Gasteiger partial charge < -0.3 is 10.5 Å². The Bertz CT molecular complexity index is 418. The predicted octanol–water partition coefficient (Wildman–Crippen LogP) is 3.92. The van der Waals surface area contributed by atoms with E-state index in [9.17, 15) is 0 Å². The quantitative estimate of drug-likeness (QED) is 0.328. The minimum atomic E-state index is -0.197. The zero-order chi connectivity index (χ0) is 14.3. The van der Waals surface area contributed by atoms with Crippen molar-refractivity contribution in [2.75, 3.05) is 12.9 Å². The van der Waals surface area contributed by atoms with Gasteiger partial charge in [0, 0.05) is 10.3 Å². The first-order chi connectivity index (χ1) is 8.97. The molecule has 3 N–H and O–H groups in total. The summed E-state index contributed by atoms with van der Waals surface area (Å²) in [6, 6.07) is 8.09. The summed E-state index contributed by atoms with van der Waals surface area (Å²) in [5.41, 5.74) is 5.37. The van der Waals surface area contributed by atoms with E-state index in [1.165, 1.54) is 4.90 Å². The smallest absolute Gasteiger partial charge is 0.132 e. The third kappa shape index (κ3) is 5.15. The maximum Gasteiger partial charge on any atom is 0.132 e. The average Bonchev–Trinajstić information content (AvgIpc) is 2.38. The van der Waals surface area contributed by atoms with Crippen molar-refractivity contribution in [3.63, 3.8) is 0 Å². The fourth-order valence-electron chi connectivity index (χ4n) is 1.72. The highest BCUT2D eigenvalue weighted by Crippen LogP contribution is 2.27. The molecular weight excluding hydrogens is 256 g/mol. The highest BCUT2D eigenvalue weighted by molar-refractivity contribution is 7.98. The molecule has 0 aromatic heterocycles. The lowest BCUT2D eigenvalue weighted by Crippen LogP contribution is -2.30. The number of ether oxygens (including phenoxy) is 1. The molecule has 0 aliphatic rings. The van der Waals surface area contributed by atoms with Crippen LogP contribution in [0, 0.1) is 10.8 Å². The molecule has 0 saturated carbocycles. The van der Waals surface area contributed by atoms with Gasteiger partial charge in [0.1, 0.15) is 5.75 Å². The molecule has 0 fully saturated rings. The van der Waals surface area contributed by atoms with Crippen LogP contribution in [0.2, 0.25) is 0 Å². The van der Waals surface area contributed by atoms with Crippen LogP contribution in [0.1, 0.15) is 33.1 Å². The third-order valence-corrected chi connectivity index (χ3v) is 4.03. The zero-order valence-corrected chi connectivity index (χ0v) is 12.8. The molecule has 0 bridgehead atoms. The van der Waals surface area contributed by atoms with E-state index in [0.717, 1.165) is 25.0 Å². The summed E-state index contributed by atoms with van der Waals surface area (Å²) in [5.74, 6) is 1.22. The van der Waals surface area contributed by atoms with Crippen molar-refractivity contribution < 1.29 is 4.74 Å². The molecule has 106 valence electrons. The highest BCUT2D eigenvalue weighted by atomic mass is 32.2. The first kappa shape index (κ1) is 15.9. The number of hydrogen-bond donors (Lipinski definition) is 2. The first-order valence-electron chi connectivity index (χ1n) is 6.57. The summed E-state index contributed by atoms with van der Waals surface area (Å²) >= 11 is 1.70. The Morgan fingerprint density at radius 1 is 1.32 bits per heavy atom. The molecule has 0 unspecified atom stereocenters. The van der Waals surface area contributed by atoms with Gasteiger partial charge in [0.2, 0.25) is 0 Å². The average molecular weight is 280 g/mol. The molecule has 0 radical (unpaired) electrons. The van der Waals surface area contributed by atoms with Gasteiger partial charge in [0.25, 0.3) is 0 Å². The Balaban J connectivity index is 2.30. The Hall–Kier alpha value is -1.16. The topological polar surface area (TPSA) is 59.1 Å². The van der Waals surface area contributed by atoms with Crippen molar-refractivity contribution in [3.05, 3.63) is 24.3 Å². The van der Waals surface area contributed by atoms with Crippen LogP contribution < -0.4 is 10.5 Å². The van der Waals surface area contributed by atoms with Crippen molar-refractivity contribution in [2.45, 2.75) is 38.0 Å². The summed E-state index contributed by atoms with van der Waals surface area (Å²) in [6.45, 7) is 4.74. The lowest BCUT2D eigenvalue weighted by atomic mass is 9.86. The van der Waals surface area contributed by atoms with E-state index in [4.69, 9.17) is 15.9 Å². The minimum Gasteiger partial charge on any atom is -0.492 e. The van der Waals surface area contributed by atoms with Crippen LogP contribution >= 0.6 is 11.8 Å². The Labute approximate surface area is 120 Å². The SMILES string of the molecule is CSc1ccccc1OCCCCC(C)(C)C(=N)N. The molecule has 0 saturated heterocycles. The second-order valence-electron chi connectivity index (χ2n) is 5.25. The van der Waals surface area contributed by atoms with Gasteiger partial charge in [0.15, 0.2) is 0 Å². The number of rotatable bonds is 8.